The maximum absolute atomic E-state index is 12.3. The van der Waals surface area contributed by atoms with Crippen LogP contribution in [-0.2, 0) is 19.6 Å². The van der Waals surface area contributed by atoms with Gasteiger partial charge in [0, 0.05) is 13.7 Å². The second-order valence-electron chi connectivity index (χ2n) is 5.59. The van der Waals surface area contributed by atoms with E-state index in [0.717, 1.165) is 5.56 Å². The highest BCUT2D eigenvalue weighted by Crippen LogP contribution is 2.40. The molecule has 0 heterocycles. The van der Waals surface area contributed by atoms with Gasteiger partial charge in [-0.05, 0) is 37.5 Å². The van der Waals surface area contributed by atoms with E-state index < -0.39 is 27.5 Å². The van der Waals surface area contributed by atoms with Crippen LogP contribution < -0.4 is 4.72 Å². The van der Waals surface area contributed by atoms with Gasteiger partial charge in [-0.2, -0.15) is 0 Å². The topological polar surface area (TPSA) is 92.7 Å². The summed E-state index contributed by atoms with van der Waals surface area (Å²) in [6.07, 6.45) is 0.561. The molecule has 8 heteroatoms. The number of aryl methyl sites for hydroxylation is 1. The van der Waals surface area contributed by atoms with E-state index in [4.69, 9.17) is 21.4 Å². The maximum atomic E-state index is 12.3. The van der Waals surface area contributed by atoms with E-state index in [1.165, 1.54) is 13.2 Å². The van der Waals surface area contributed by atoms with Crippen molar-refractivity contribution in [3.8, 4) is 0 Å². The van der Waals surface area contributed by atoms with E-state index in [-0.39, 0.29) is 29.3 Å². The first-order valence-corrected chi connectivity index (χ1v) is 8.59. The number of aliphatic carboxylic acids is 1. The number of halogens is 1. The van der Waals surface area contributed by atoms with E-state index >= 15 is 0 Å². The van der Waals surface area contributed by atoms with Crippen LogP contribution in [-0.4, -0.2) is 38.7 Å². The summed E-state index contributed by atoms with van der Waals surface area (Å²) in [5.74, 6) is -1.38. The summed E-state index contributed by atoms with van der Waals surface area (Å²) in [4.78, 5) is 10.9. The highest BCUT2D eigenvalue weighted by molar-refractivity contribution is 7.89. The largest absolute Gasteiger partial charge is 0.481 e. The Bertz CT molecular complexity index is 682. The fourth-order valence-corrected chi connectivity index (χ4v) is 4.24. The quantitative estimate of drug-likeness (QED) is 0.818. The SMILES string of the molecule is COC1(CNS(=O)(=O)c2ccc(C)cc2Cl)CC(C(=O)O)C1. The molecule has 1 aromatic rings. The molecule has 122 valence electrons. The lowest BCUT2D eigenvalue weighted by atomic mass is 9.71. The monoisotopic (exact) mass is 347 g/mol. The molecule has 2 rings (SSSR count). The Labute approximate surface area is 134 Å². The lowest BCUT2D eigenvalue weighted by Crippen LogP contribution is -2.55. The molecular formula is C14H18ClNO5S. The van der Waals surface area contributed by atoms with Gasteiger partial charge >= 0.3 is 5.97 Å². The van der Waals surface area contributed by atoms with Crippen LogP contribution in [0.3, 0.4) is 0 Å². The molecule has 0 atom stereocenters. The van der Waals surface area contributed by atoms with Crippen molar-refractivity contribution in [3.63, 3.8) is 0 Å². The Balaban J connectivity index is 2.08. The van der Waals surface area contributed by atoms with Gasteiger partial charge in [0.25, 0.3) is 0 Å². The van der Waals surface area contributed by atoms with Crippen molar-refractivity contribution in [3.05, 3.63) is 28.8 Å². The van der Waals surface area contributed by atoms with Crippen LogP contribution in [0.2, 0.25) is 5.02 Å². The highest BCUT2D eigenvalue weighted by atomic mass is 35.5. The molecule has 0 saturated heterocycles. The van der Waals surface area contributed by atoms with Crippen molar-refractivity contribution in [2.45, 2.75) is 30.3 Å². The number of ether oxygens (including phenoxy) is 1. The van der Waals surface area contributed by atoms with Gasteiger partial charge < -0.3 is 9.84 Å². The van der Waals surface area contributed by atoms with E-state index in [0.29, 0.717) is 0 Å². The predicted octanol–water partition coefficient (Wildman–Crippen LogP) is 1.81. The van der Waals surface area contributed by atoms with Crippen LogP contribution in [0.1, 0.15) is 18.4 Å². The van der Waals surface area contributed by atoms with Crippen molar-refractivity contribution in [2.24, 2.45) is 5.92 Å². The molecule has 1 aliphatic rings. The number of hydrogen-bond donors (Lipinski definition) is 2. The van der Waals surface area contributed by atoms with Crippen molar-refractivity contribution in [2.75, 3.05) is 13.7 Å². The smallest absolute Gasteiger partial charge is 0.306 e. The summed E-state index contributed by atoms with van der Waals surface area (Å²) in [5.41, 5.74) is 0.0911. The summed E-state index contributed by atoms with van der Waals surface area (Å²) in [6, 6.07) is 4.68. The third-order valence-electron chi connectivity index (χ3n) is 3.98. The van der Waals surface area contributed by atoms with E-state index in [9.17, 15) is 13.2 Å². The van der Waals surface area contributed by atoms with Crippen molar-refractivity contribution in [1.29, 1.82) is 0 Å². The summed E-state index contributed by atoms with van der Waals surface area (Å²) < 4.78 is 32.4. The first kappa shape index (κ1) is 17.2. The number of carbonyl (C=O) groups is 1. The van der Waals surface area contributed by atoms with E-state index in [1.54, 1.807) is 12.1 Å². The number of sulfonamides is 1. The summed E-state index contributed by atoms with van der Waals surface area (Å²) >= 11 is 5.98. The molecule has 0 aliphatic heterocycles. The molecule has 1 fully saturated rings. The standard InChI is InChI=1S/C14H18ClNO5S/c1-9-3-4-12(11(15)5-9)22(19,20)16-8-14(21-2)6-10(7-14)13(17)18/h3-5,10,16H,6-8H2,1-2H3,(H,17,18). The number of benzene rings is 1. The fourth-order valence-electron chi connectivity index (χ4n) is 2.52. The lowest BCUT2D eigenvalue weighted by molar-refractivity contribution is -0.161. The minimum atomic E-state index is -3.77. The zero-order valence-corrected chi connectivity index (χ0v) is 13.9. The molecule has 2 N–H and O–H groups in total. The third kappa shape index (κ3) is 3.43. The summed E-state index contributed by atoms with van der Waals surface area (Å²) in [5, 5.41) is 9.07. The highest BCUT2D eigenvalue weighted by Gasteiger charge is 2.48. The van der Waals surface area contributed by atoms with Crippen LogP contribution in [0, 0.1) is 12.8 Å². The number of nitrogens with one attached hydrogen (secondary N) is 1. The van der Waals surface area contributed by atoms with Crippen molar-refractivity contribution >= 4 is 27.6 Å². The molecule has 0 radical (unpaired) electrons. The Morgan fingerprint density at radius 3 is 2.64 bits per heavy atom. The average Bonchev–Trinajstić information content (AvgIpc) is 2.36. The molecule has 1 saturated carbocycles. The molecule has 1 aliphatic carbocycles. The zero-order chi connectivity index (χ0) is 16.5. The van der Waals surface area contributed by atoms with Gasteiger partial charge in [0.2, 0.25) is 10.0 Å². The Morgan fingerprint density at radius 2 is 2.14 bits per heavy atom. The van der Waals surface area contributed by atoms with E-state index in [2.05, 4.69) is 4.72 Å². The van der Waals surface area contributed by atoms with Gasteiger partial charge in [-0.3, -0.25) is 4.79 Å². The number of hydrogen-bond acceptors (Lipinski definition) is 4. The van der Waals surface area contributed by atoms with Crippen LogP contribution in [0.15, 0.2) is 23.1 Å². The second-order valence-corrected chi connectivity index (χ2v) is 7.73. The number of carboxylic acids is 1. The maximum Gasteiger partial charge on any atom is 0.306 e. The fraction of sp³-hybridized carbons (Fsp3) is 0.500. The number of rotatable bonds is 6. The molecule has 6 nitrogen and oxygen atoms in total. The molecule has 0 spiro atoms. The van der Waals surface area contributed by atoms with Gasteiger partial charge in [0.05, 0.1) is 16.5 Å². The molecule has 1 aromatic carbocycles. The summed E-state index contributed by atoms with van der Waals surface area (Å²) in [6.45, 7) is 1.83. The van der Waals surface area contributed by atoms with Gasteiger partial charge in [-0.25, -0.2) is 13.1 Å². The van der Waals surface area contributed by atoms with E-state index in [1.807, 2.05) is 6.92 Å². The van der Waals surface area contributed by atoms with Gasteiger partial charge in [0.15, 0.2) is 0 Å². The normalized spacial score (nSPS) is 24.8. The predicted molar refractivity (Wildman–Crippen MR) is 81.5 cm³/mol. The van der Waals surface area contributed by atoms with Crippen LogP contribution >= 0.6 is 11.6 Å². The average molecular weight is 348 g/mol. The van der Waals surface area contributed by atoms with Gasteiger partial charge in [-0.15, -0.1) is 0 Å². The number of methoxy groups -OCH3 is 1. The lowest BCUT2D eigenvalue weighted by Gasteiger charge is -2.44. The molecule has 22 heavy (non-hydrogen) atoms. The molecule has 0 amide bonds. The van der Waals surface area contributed by atoms with Gasteiger partial charge in [-0.1, -0.05) is 17.7 Å². The minimum absolute atomic E-state index is 0.000118. The second kappa shape index (κ2) is 6.16. The van der Waals surface area contributed by atoms with Crippen LogP contribution in [0.25, 0.3) is 0 Å². The Morgan fingerprint density at radius 1 is 1.50 bits per heavy atom. The van der Waals surface area contributed by atoms with Crippen molar-refractivity contribution < 1.29 is 23.1 Å². The first-order chi connectivity index (χ1) is 10.2. The third-order valence-corrected chi connectivity index (χ3v) is 5.86. The molecule has 0 aromatic heterocycles. The Hall–Kier alpha value is -1.15. The Kier molecular flexibility index (Phi) is 4.81. The minimum Gasteiger partial charge on any atom is -0.481 e. The molecule has 0 unspecified atom stereocenters. The number of carboxylic acid groups (broad SMARTS) is 1. The first-order valence-electron chi connectivity index (χ1n) is 6.73. The zero-order valence-electron chi connectivity index (χ0n) is 12.3. The molecular weight excluding hydrogens is 330 g/mol. The molecule has 0 bridgehead atoms. The van der Waals surface area contributed by atoms with Crippen LogP contribution in [0.4, 0.5) is 0 Å². The summed E-state index contributed by atoms with van der Waals surface area (Å²) in [7, 11) is -2.32. The van der Waals surface area contributed by atoms with Crippen LogP contribution in [0.5, 0.6) is 0 Å². The van der Waals surface area contributed by atoms with Gasteiger partial charge in [0.1, 0.15) is 4.90 Å². The van der Waals surface area contributed by atoms with Crippen molar-refractivity contribution in [1.82, 2.24) is 4.72 Å².